The van der Waals surface area contributed by atoms with E-state index >= 15 is 0 Å². The summed E-state index contributed by atoms with van der Waals surface area (Å²) in [5, 5.41) is 11.6. The lowest BCUT2D eigenvalue weighted by Crippen LogP contribution is -2.32. The van der Waals surface area contributed by atoms with Crippen LogP contribution in [0.5, 0.6) is 5.75 Å². The van der Waals surface area contributed by atoms with Gasteiger partial charge in [0.15, 0.2) is 0 Å². The lowest BCUT2D eigenvalue weighted by Gasteiger charge is -2.14. The molecule has 16 heavy (non-hydrogen) atoms. The summed E-state index contributed by atoms with van der Waals surface area (Å²) in [6, 6.07) is 6.42. The van der Waals surface area contributed by atoms with Gasteiger partial charge in [0.1, 0.15) is 11.8 Å². The summed E-state index contributed by atoms with van der Waals surface area (Å²) >= 11 is 0. The molecular weight excluding hydrogens is 206 g/mol. The van der Waals surface area contributed by atoms with Crippen LogP contribution in [0.25, 0.3) is 0 Å². The lowest BCUT2D eigenvalue weighted by atomic mass is 10.2. The molecule has 0 bridgehead atoms. The van der Waals surface area contributed by atoms with Gasteiger partial charge in [-0.3, -0.25) is 4.79 Å². The predicted molar refractivity (Wildman–Crippen MR) is 60.0 cm³/mol. The Balaban J connectivity index is 2.97. The number of nitrogens with one attached hydrogen (secondary N) is 1. The number of ether oxygens (including phenoxy) is 1. The van der Waals surface area contributed by atoms with Gasteiger partial charge in [-0.15, -0.1) is 0 Å². The number of nitrogens with two attached hydrogens (primary N) is 1. The second kappa shape index (κ2) is 5.03. The molecule has 0 saturated heterocycles. The van der Waals surface area contributed by atoms with Gasteiger partial charge in [0.2, 0.25) is 5.91 Å². The van der Waals surface area contributed by atoms with Gasteiger partial charge in [0, 0.05) is 6.07 Å². The van der Waals surface area contributed by atoms with E-state index in [2.05, 4.69) is 5.32 Å². The molecule has 1 unspecified atom stereocenters. The normalized spacial score (nSPS) is 11.3. The Bertz CT molecular complexity index is 437. The maximum Gasteiger partial charge on any atom is 0.239 e. The number of carbonyl (C=O) groups excluding carboxylic acids is 1. The monoisotopic (exact) mass is 219 g/mol. The van der Waals surface area contributed by atoms with Crippen LogP contribution in [-0.2, 0) is 4.79 Å². The number of nitriles is 1. The van der Waals surface area contributed by atoms with Crippen LogP contribution >= 0.6 is 0 Å². The third-order valence-corrected chi connectivity index (χ3v) is 2.13. The highest BCUT2D eigenvalue weighted by atomic mass is 16.5. The Morgan fingerprint density at radius 1 is 1.62 bits per heavy atom. The van der Waals surface area contributed by atoms with Gasteiger partial charge in [0.05, 0.1) is 24.4 Å². The van der Waals surface area contributed by atoms with Crippen molar-refractivity contribution >= 4 is 11.6 Å². The van der Waals surface area contributed by atoms with Crippen molar-refractivity contribution in [2.45, 2.75) is 13.0 Å². The van der Waals surface area contributed by atoms with Gasteiger partial charge >= 0.3 is 0 Å². The van der Waals surface area contributed by atoms with Crippen molar-refractivity contribution < 1.29 is 9.53 Å². The van der Waals surface area contributed by atoms with Crippen molar-refractivity contribution in [1.29, 1.82) is 5.26 Å². The van der Waals surface area contributed by atoms with E-state index < -0.39 is 11.9 Å². The molecule has 0 fully saturated rings. The molecule has 5 heteroatoms. The molecule has 0 aromatic heterocycles. The van der Waals surface area contributed by atoms with E-state index in [-0.39, 0.29) is 0 Å². The first-order valence-corrected chi connectivity index (χ1v) is 4.72. The van der Waals surface area contributed by atoms with Crippen LogP contribution in [-0.4, -0.2) is 19.1 Å². The van der Waals surface area contributed by atoms with Crippen LogP contribution in [0.2, 0.25) is 0 Å². The molecule has 0 radical (unpaired) electrons. The van der Waals surface area contributed by atoms with Gasteiger partial charge in [0.25, 0.3) is 0 Å². The van der Waals surface area contributed by atoms with Gasteiger partial charge < -0.3 is 15.8 Å². The fourth-order valence-electron chi connectivity index (χ4n) is 1.18. The number of methoxy groups -OCH3 is 1. The minimum atomic E-state index is -0.498. The second-order valence-corrected chi connectivity index (χ2v) is 3.30. The Morgan fingerprint density at radius 2 is 2.31 bits per heavy atom. The summed E-state index contributed by atoms with van der Waals surface area (Å²) in [6.45, 7) is 1.65. The Kier molecular flexibility index (Phi) is 3.72. The summed E-state index contributed by atoms with van der Waals surface area (Å²) in [4.78, 5) is 10.9. The van der Waals surface area contributed by atoms with E-state index in [4.69, 9.17) is 15.7 Å². The second-order valence-electron chi connectivity index (χ2n) is 3.30. The largest absolute Gasteiger partial charge is 0.495 e. The lowest BCUT2D eigenvalue weighted by molar-refractivity contribution is -0.118. The molecule has 0 saturated carbocycles. The fraction of sp³-hybridized carbons (Fsp3) is 0.273. The zero-order valence-corrected chi connectivity index (χ0v) is 9.15. The minimum Gasteiger partial charge on any atom is -0.495 e. The summed E-state index contributed by atoms with van der Waals surface area (Å²) in [5.74, 6) is 0.0542. The van der Waals surface area contributed by atoms with E-state index in [0.29, 0.717) is 17.0 Å². The van der Waals surface area contributed by atoms with Gasteiger partial charge in [-0.2, -0.15) is 5.26 Å². The van der Waals surface area contributed by atoms with Gasteiger partial charge in [-0.1, -0.05) is 0 Å². The summed E-state index contributed by atoms with van der Waals surface area (Å²) in [7, 11) is 1.50. The zero-order valence-electron chi connectivity index (χ0n) is 9.15. The molecule has 0 aliphatic carbocycles. The number of primary amides is 1. The molecule has 3 N–H and O–H groups in total. The molecule has 84 valence electrons. The predicted octanol–water partition coefficient (Wildman–Crippen LogP) is 0.853. The smallest absolute Gasteiger partial charge is 0.239 e. The van der Waals surface area contributed by atoms with Crippen LogP contribution in [0.4, 0.5) is 5.69 Å². The molecule has 1 rings (SSSR count). The number of hydrogen-bond acceptors (Lipinski definition) is 4. The van der Waals surface area contributed by atoms with Crippen LogP contribution < -0.4 is 15.8 Å². The average molecular weight is 219 g/mol. The molecule has 1 atom stereocenters. The highest BCUT2D eigenvalue weighted by Gasteiger charge is 2.11. The quantitative estimate of drug-likeness (QED) is 0.785. The Hall–Kier alpha value is -2.22. The molecule has 0 aliphatic heterocycles. The maximum atomic E-state index is 10.9. The first-order valence-electron chi connectivity index (χ1n) is 4.72. The maximum absolute atomic E-state index is 10.9. The van der Waals surface area contributed by atoms with Crippen molar-refractivity contribution in [2.75, 3.05) is 12.4 Å². The number of benzene rings is 1. The number of nitrogens with zero attached hydrogens (tertiary/aromatic N) is 1. The molecule has 0 aliphatic rings. The van der Waals surface area contributed by atoms with Crippen LogP contribution in [0, 0.1) is 11.3 Å². The highest BCUT2D eigenvalue weighted by molar-refractivity contribution is 5.83. The van der Waals surface area contributed by atoms with E-state index in [9.17, 15) is 4.79 Å². The minimum absolute atomic E-state index is 0.452. The van der Waals surface area contributed by atoms with E-state index in [1.54, 1.807) is 25.1 Å². The van der Waals surface area contributed by atoms with Crippen molar-refractivity contribution in [3.8, 4) is 11.8 Å². The van der Waals surface area contributed by atoms with Gasteiger partial charge in [-0.05, 0) is 19.1 Å². The zero-order chi connectivity index (χ0) is 12.1. The van der Waals surface area contributed by atoms with Crippen molar-refractivity contribution in [3.05, 3.63) is 23.8 Å². The number of amides is 1. The molecule has 1 amide bonds. The number of rotatable bonds is 4. The van der Waals surface area contributed by atoms with Crippen LogP contribution in [0.15, 0.2) is 18.2 Å². The average Bonchev–Trinajstić information content (AvgIpc) is 2.29. The molecule has 1 aromatic carbocycles. The molecule has 0 spiro atoms. The van der Waals surface area contributed by atoms with E-state index in [1.165, 1.54) is 7.11 Å². The molecule has 1 aromatic rings. The van der Waals surface area contributed by atoms with E-state index in [0.717, 1.165) is 0 Å². The Labute approximate surface area is 93.8 Å². The number of carbonyl (C=O) groups is 1. The number of hydrogen-bond donors (Lipinski definition) is 2. The SMILES string of the molecule is COc1cc(C#N)ccc1NC(C)C(N)=O. The molecule has 0 heterocycles. The van der Waals surface area contributed by atoms with Crippen molar-refractivity contribution in [2.24, 2.45) is 5.73 Å². The summed E-state index contributed by atoms with van der Waals surface area (Å²) in [6.07, 6.45) is 0. The molecule has 5 nitrogen and oxygen atoms in total. The fourth-order valence-corrected chi connectivity index (χ4v) is 1.18. The summed E-state index contributed by atoms with van der Waals surface area (Å²) < 4.78 is 5.10. The number of anilines is 1. The van der Waals surface area contributed by atoms with E-state index in [1.807, 2.05) is 6.07 Å². The highest BCUT2D eigenvalue weighted by Crippen LogP contribution is 2.25. The standard InChI is InChI=1S/C11H13N3O2/c1-7(11(13)15)14-9-4-3-8(6-12)5-10(9)16-2/h3-5,7,14H,1-2H3,(H2,13,15). The first-order chi connectivity index (χ1) is 7.58. The summed E-state index contributed by atoms with van der Waals surface area (Å²) in [5.41, 5.74) is 6.26. The van der Waals surface area contributed by atoms with Crippen LogP contribution in [0.1, 0.15) is 12.5 Å². The Morgan fingerprint density at radius 3 is 2.81 bits per heavy atom. The third-order valence-electron chi connectivity index (χ3n) is 2.13. The first kappa shape index (κ1) is 11.9. The van der Waals surface area contributed by atoms with Crippen molar-refractivity contribution in [1.82, 2.24) is 0 Å². The van der Waals surface area contributed by atoms with Crippen molar-refractivity contribution in [3.63, 3.8) is 0 Å². The van der Waals surface area contributed by atoms with Crippen LogP contribution in [0.3, 0.4) is 0 Å². The molecular formula is C11H13N3O2. The topological polar surface area (TPSA) is 88.1 Å². The third kappa shape index (κ3) is 2.64. The van der Waals surface area contributed by atoms with Gasteiger partial charge in [-0.25, -0.2) is 0 Å².